The Kier molecular flexibility index (Phi) is 18.1. The normalized spacial score (nSPS) is 53.9. The summed E-state index contributed by atoms with van der Waals surface area (Å²) in [5.74, 6) is -0.821. The number of hydrogen-bond acceptors (Lipinski definition) is 27. The summed E-state index contributed by atoms with van der Waals surface area (Å²) in [6.07, 6.45) is -50.4. The molecule has 0 saturated carbocycles. The molecule has 6 aliphatic heterocycles. The highest BCUT2D eigenvalue weighted by molar-refractivity contribution is 5.73. The third-order valence-corrected chi connectivity index (χ3v) is 12.7. The van der Waals surface area contributed by atoms with Gasteiger partial charge in [0.15, 0.2) is 37.7 Å². The van der Waals surface area contributed by atoms with E-state index in [2.05, 4.69) is 5.32 Å². The molecule has 0 aromatic rings. The predicted octanol–water partition coefficient (Wildman–Crippen LogP) is -9.85. The first-order valence-electron chi connectivity index (χ1n) is 21.5. The Labute approximate surface area is 376 Å². The molecular weight excluding hydrogens is 902 g/mol. The quantitative estimate of drug-likeness (QED) is 0.0815. The molecule has 0 bridgehead atoms. The van der Waals surface area contributed by atoms with Crippen molar-refractivity contribution in [3.05, 3.63) is 0 Å². The van der Waals surface area contributed by atoms with Gasteiger partial charge in [0.05, 0.1) is 37.6 Å². The Hall–Kier alpha value is -1.57. The highest BCUT2D eigenvalue weighted by Gasteiger charge is 2.58. The predicted molar refractivity (Wildman–Crippen MR) is 205 cm³/mol. The molecule has 0 spiro atoms. The van der Waals surface area contributed by atoms with Crippen molar-refractivity contribution in [2.24, 2.45) is 0 Å². The van der Waals surface area contributed by atoms with Crippen LogP contribution < -0.4 is 5.32 Å². The molecule has 28 nitrogen and oxygen atoms in total. The van der Waals surface area contributed by atoms with Crippen molar-refractivity contribution in [1.82, 2.24) is 5.32 Å². The highest BCUT2D eigenvalue weighted by Crippen LogP contribution is 2.38. The molecule has 6 saturated heterocycles. The molecule has 16 N–H and O–H groups in total. The zero-order valence-corrected chi connectivity index (χ0v) is 36.3. The van der Waals surface area contributed by atoms with E-state index in [1.807, 2.05) is 0 Å². The van der Waals surface area contributed by atoms with Crippen molar-refractivity contribution in [3.63, 3.8) is 0 Å². The molecule has 6 rings (SSSR count). The van der Waals surface area contributed by atoms with Gasteiger partial charge >= 0.3 is 0 Å². The smallest absolute Gasteiger partial charge is 0.217 e. The van der Waals surface area contributed by atoms with Crippen molar-refractivity contribution >= 4 is 5.91 Å². The summed E-state index contributed by atoms with van der Waals surface area (Å²) in [5, 5.41) is 164. The van der Waals surface area contributed by atoms with Gasteiger partial charge in [0, 0.05) is 6.92 Å². The second kappa shape index (κ2) is 22.2. The minimum absolute atomic E-state index is 0.821. The van der Waals surface area contributed by atoms with Crippen molar-refractivity contribution < 1.29 is 133 Å². The molecule has 384 valence electrons. The average Bonchev–Trinajstić information content (AvgIpc) is 3.27. The summed E-state index contributed by atoms with van der Waals surface area (Å²) in [4.78, 5) is 12.9. The third-order valence-electron chi connectivity index (χ3n) is 12.7. The van der Waals surface area contributed by atoms with Gasteiger partial charge in [-0.05, 0) is 27.7 Å². The molecule has 12 unspecified atom stereocenters. The van der Waals surface area contributed by atoms with E-state index in [9.17, 15) is 81.4 Å². The molecule has 6 heterocycles. The lowest BCUT2D eigenvalue weighted by Crippen LogP contribution is -2.70. The molecule has 66 heavy (non-hydrogen) atoms. The van der Waals surface area contributed by atoms with Crippen LogP contribution in [0.5, 0.6) is 0 Å². The Morgan fingerprint density at radius 3 is 1.39 bits per heavy atom. The fourth-order valence-electron chi connectivity index (χ4n) is 8.65. The lowest BCUT2D eigenvalue weighted by Gasteiger charge is -2.51. The third kappa shape index (κ3) is 11.0. The van der Waals surface area contributed by atoms with Gasteiger partial charge in [0.25, 0.3) is 0 Å². The standard InChI is InChI=1S/C38H65NO27/c1-8-17(44)24(51)31(33(55)56-8)65-38-32(30(19(46)11(4)59-38)64-36-26(53)23(50)20(47)13(6-40)61-36)66-34-15(39-12(5)42)28(21(48)14(7-41)60-34)62-37-27(54)29(18(45)10(3)58-37)63-35-25(52)22(49)16(43)9(2)57-35/h8-11,13-38,40-41,43-55H,6-7H2,1-5H3,(H,39,42)/t8?,9?,10?,11?,13-,14?,15?,16+,17+,18+,19+,20-,21+,22-,23?,24-,25?,26?,27?,28-,29-,30-,31?,32?,33-,34+,35+,36-,37+,38+/m1/s1. The van der Waals surface area contributed by atoms with Crippen molar-refractivity contribution in [1.29, 1.82) is 0 Å². The first-order chi connectivity index (χ1) is 31.0. The molecule has 1 amide bonds. The van der Waals surface area contributed by atoms with E-state index < -0.39 is 203 Å². The number of aliphatic hydroxyl groups is 15. The molecule has 0 aliphatic carbocycles. The van der Waals surface area contributed by atoms with Crippen LogP contribution in [0.4, 0.5) is 0 Å². The van der Waals surface area contributed by atoms with E-state index in [1.54, 1.807) is 0 Å². The molecule has 0 aromatic heterocycles. The summed E-state index contributed by atoms with van der Waals surface area (Å²) in [7, 11) is 0. The van der Waals surface area contributed by atoms with Gasteiger partial charge < -0.3 is 134 Å². The first-order valence-corrected chi connectivity index (χ1v) is 21.5. The van der Waals surface area contributed by atoms with Gasteiger partial charge in [0.1, 0.15) is 122 Å². The Balaban J connectivity index is 1.34. The summed E-state index contributed by atoms with van der Waals surface area (Å²) in [6, 6.07) is -1.74. The van der Waals surface area contributed by atoms with Crippen molar-refractivity contribution in [3.8, 4) is 0 Å². The fourth-order valence-corrected chi connectivity index (χ4v) is 8.65. The lowest BCUT2D eigenvalue weighted by atomic mass is 9.94. The number of ether oxygens (including phenoxy) is 11. The molecule has 0 radical (unpaired) electrons. The monoisotopic (exact) mass is 967 g/mol. The van der Waals surface area contributed by atoms with Crippen LogP contribution >= 0.6 is 0 Å². The van der Waals surface area contributed by atoms with E-state index in [-0.39, 0.29) is 0 Å². The Bertz CT molecular complexity index is 1560. The van der Waals surface area contributed by atoms with Gasteiger partial charge in [-0.3, -0.25) is 4.79 Å². The fraction of sp³-hybridized carbons (Fsp3) is 0.974. The average molecular weight is 968 g/mol. The lowest BCUT2D eigenvalue weighted by molar-refractivity contribution is -0.404. The number of rotatable bonds is 13. The summed E-state index contributed by atoms with van der Waals surface area (Å²) >= 11 is 0. The van der Waals surface area contributed by atoms with Crippen LogP contribution in [0.3, 0.4) is 0 Å². The minimum Gasteiger partial charge on any atom is -0.394 e. The van der Waals surface area contributed by atoms with Gasteiger partial charge in [-0.25, -0.2) is 0 Å². The van der Waals surface area contributed by atoms with Crippen LogP contribution in [0.1, 0.15) is 34.6 Å². The molecule has 6 aliphatic rings. The number of carbonyl (C=O) groups is 1. The summed E-state index contributed by atoms with van der Waals surface area (Å²) < 4.78 is 64.1. The maximum absolute atomic E-state index is 12.9. The van der Waals surface area contributed by atoms with Gasteiger partial charge in [-0.1, -0.05) is 0 Å². The van der Waals surface area contributed by atoms with Crippen molar-refractivity contribution in [2.75, 3.05) is 13.2 Å². The number of aliphatic hydroxyl groups excluding tert-OH is 15. The Morgan fingerprint density at radius 2 is 0.803 bits per heavy atom. The SMILES string of the molecule is CC(=O)NC1[C@H](OC2[C@H](OC3[C@H](O)OC(C)[C@H](O)[C@H]3O)OC(C)[C@H](O)[C@H]2O[C@H]2O[C@H](CO)[C@@H](O)C(O)C2O)OC(CO)[C@H](O)[C@@H]1O[C@@H]1OC(C)[C@H](O)[C@@H](O[C@@H]2OC(C)[C@H](O)[C@@H](O)C2O)C1O. The molecule has 6 fully saturated rings. The number of hydrogen-bond donors (Lipinski definition) is 16. The zero-order chi connectivity index (χ0) is 48.8. The second-order valence-corrected chi connectivity index (χ2v) is 17.4. The summed E-state index contributed by atoms with van der Waals surface area (Å²) in [5.41, 5.74) is 0. The van der Waals surface area contributed by atoms with E-state index in [0.717, 1.165) is 6.92 Å². The van der Waals surface area contributed by atoms with Crippen LogP contribution in [-0.4, -0.2) is 280 Å². The van der Waals surface area contributed by atoms with E-state index in [0.29, 0.717) is 0 Å². The number of amides is 1. The molecule has 28 heteroatoms. The van der Waals surface area contributed by atoms with E-state index in [1.165, 1.54) is 27.7 Å². The number of nitrogens with one attached hydrogen (secondary N) is 1. The highest BCUT2D eigenvalue weighted by atomic mass is 16.8. The molecular formula is C38H65NO27. The van der Waals surface area contributed by atoms with Crippen LogP contribution in [0, 0.1) is 0 Å². The largest absolute Gasteiger partial charge is 0.394 e. The zero-order valence-electron chi connectivity index (χ0n) is 36.3. The maximum Gasteiger partial charge on any atom is 0.217 e. The minimum atomic E-state index is -2.05. The second-order valence-electron chi connectivity index (χ2n) is 17.4. The van der Waals surface area contributed by atoms with Gasteiger partial charge in [-0.2, -0.15) is 0 Å². The van der Waals surface area contributed by atoms with Gasteiger partial charge in [-0.15, -0.1) is 0 Å². The maximum atomic E-state index is 12.9. The van der Waals surface area contributed by atoms with Crippen LogP contribution in [-0.2, 0) is 56.9 Å². The van der Waals surface area contributed by atoms with Crippen LogP contribution in [0.15, 0.2) is 0 Å². The molecule has 0 aromatic carbocycles. The summed E-state index contributed by atoms with van der Waals surface area (Å²) in [6.45, 7) is 4.56. The van der Waals surface area contributed by atoms with Crippen LogP contribution in [0.2, 0.25) is 0 Å². The van der Waals surface area contributed by atoms with Crippen LogP contribution in [0.25, 0.3) is 0 Å². The van der Waals surface area contributed by atoms with E-state index in [4.69, 9.17) is 52.1 Å². The van der Waals surface area contributed by atoms with Crippen molar-refractivity contribution in [2.45, 2.75) is 219 Å². The topological polar surface area (TPSA) is 434 Å². The first kappa shape index (κ1) is 53.8. The van der Waals surface area contributed by atoms with Gasteiger partial charge in [0.2, 0.25) is 5.91 Å². The molecule has 30 atom stereocenters. The van der Waals surface area contributed by atoms with E-state index >= 15 is 0 Å². The number of carbonyl (C=O) groups excluding carboxylic acids is 1. The Morgan fingerprint density at radius 1 is 0.394 bits per heavy atom.